The van der Waals surface area contributed by atoms with Crippen LogP contribution in [-0.2, 0) is 11.3 Å². The molecule has 0 aliphatic heterocycles. The van der Waals surface area contributed by atoms with Gasteiger partial charge in [-0.3, -0.25) is 14.2 Å². The lowest BCUT2D eigenvalue weighted by molar-refractivity contribution is -0.116. The van der Waals surface area contributed by atoms with E-state index in [1.165, 1.54) is 43.1 Å². The minimum absolute atomic E-state index is 0.129. The van der Waals surface area contributed by atoms with Gasteiger partial charge in [-0.2, -0.15) is 0 Å². The molecule has 0 radical (unpaired) electrons. The highest BCUT2D eigenvalue weighted by molar-refractivity contribution is 5.91. The molecule has 8 nitrogen and oxygen atoms in total. The van der Waals surface area contributed by atoms with Crippen LogP contribution in [0.2, 0.25) is 0 Å². The fourth-order valence-corrected chi connectivity index (χ4v) is 2.79. The molecule has 2 N–H and O–H groups in total. The molecule has 1 aromatic heterocycles. The third kappa shape index (κ3) is 5.13. The van der Waals surface area contributed by atoms with Crippen LogP contribution in [0.4, 0.5) is 21.7 Å². The summed E-state index contributed by atoms with van der Waals surface area (Å²) < 4.78 is 25.0. The summed E-state index contributed by atoms with van der Waals surface area (Å²) in [5.41, 5.74) is 0.899. The zero-order valence-corrected chi connectivity index (χ0v) is 16.7. The van der Waals surface area contributed by atoms with Crippen LogP contribution in [0.1, 0.15) is 5.69 Å². The van der Waals surface area contributed by atoms with Crippen LogP contribution in [-0.4, -0.2) is 29.7 Å². The molecule has 0 saturated carbocycles. The Balaban J connectivity index is 1.85. The molecule has 0 unspecified atom stereocenters. The number of nitrogens with one attached hydrogen (secondary N) is 2. The smallest absolute Gasteiger partial charge is 0.255 e. The molecule has 30 heavy (non-hydrogen) atoms. The van der Waals surface area contributed by atoms with Crippen molar-refractivity contribution in [2.75, 3.05) is 24.9 Å². The normalized spacial score (nSPS) is 10.4. The van der Waals surface area contributed by atoms with Gasteiger partial charge in [0.2, 0.25) is 11.9 Å². The van der Waals surface area contributed by atoms with Crippen LogP contribution >= 0.6 is 0 Å². The third-order valence-corrected chi connectivity index (χ3v) is 4.15. The summed E-state index contributed by atoms with van der Waals surface area (Å²) in [6.45, 7) is 1.36. The molecule has 0 aliphatic carbocycles. The van der Waals surface area contributed by atoms with Crippen molar-refractivity contribution < 1.29 is 18.7 Å². The molecule has 9 heteroatoms. The topological polar surface area (TPSA) is 94.5 Å². The molecule has 3 aromatic rings. The zero-order valence-electron chi connectivity index (χ0n) is 16.7. The van der Waals surface area contributed by atoms with E-state index in [1.54, 1.807) is 31.2 Å². The van der Waals surface area contributed by atoms with E-state index in [0.717, 1.165) is 0 Å². The van der Waals surface area contributed by atoms with Crippen molar-refractivity contribution in [3.63, 3.8) is 0 Å². The number of aromatic nitrogens is 2. The van der Waals surface area contributed by atoms with Gasteiger partial charge in [-0.15, -0.1) is 0 Å². The van der Waals surface area contributed by atoms with E-state index in [2.05, 4.69) is 15.6 Å². The number of benzene rings is 2. The minimum atomic E-state index is -0.458. The molecule has 1 amide bonds. The van der Waals surface area contributed by atoms with Gasteiger partial charge in [0.1, 0.15) is 23.9 Å². The van der Waals surface area contributed by atoms with E-state index in [9.17, 15) is 14.0 Å². The van der Waals surface area contributed by atoms with Gasteiger partial charge < -0.3 is 20.1 Å². The van der Waals surface area contributed by atoms with Gasteiger partial charge >= 0.3 is 0 Å². The maximum atomic E-state index is 13.5. The Bertz CT molecular complexity index is 1110. The highest BCUT2D eigenvalue weighted by Gasteiger charge is 2.13. The molecule has 0 spiro atoms. The lowest BCUT2D eigenvalue weighted by atomic mass is 10.2. The molecular weight excluding hydrogens is 391 g/mol. The molecule has 0 bridgehead atoms. The molecule has 0 saturated heterocycles. The first kappa shape index (κ1) is 20.8. The van der Waals surface area contributed by atoms with Crippen LogP contribution in [0.15, 0.2) is 53.3 Å². The Hall–Kier alpha value is -3.88. The van der Waals surface area contributed by atoms with Crippen molar-refractivity contribution in [3.8, 4) is 11.5 Å². The van der Waals surface area contributed by atoms with Crippen molar-refractivity contribution in [2.45, 2.75) is 13.5 Å². The molecule has 1 heterocycles. The van der Waals surface area contributed by atoms with Gasteiger partial charge in [0.05, 0.1) is 14.2 Å². The summed E-state index contributed by atoms with van der Waals surface area (Å²) in [4.78, 5) is 29.4. The Labute approximate surface area is 172 Å². The van der Waals surface area contributed by atoms with Crippen molar-refractivity contribution in [3.05, 3.63) is 70.4 Å². The van der Waals surface area contributed by atoms with Gasteiger partial charge in [-0.1, -0.05) is 6.07 Å². The summed E-state index contributed by atoms with van der Waals surface area (Å²) in [5, 5.41) is 5.60. The number of ether oxygens (including phenoxy) is 2. The minimum Gasteiger partial charge on any atom is -0.497 e. The summed E-state index contributed by atoms with van der Waals surface area (Å²) in [6.07, 6.45) is 0. The molecule has 0 aliphatic rings. The van der Waals surface area contributed by atoms with Crippen molar-refractivity contribution in [1.29, 1.82) is 0 Å². The summed E-state index contributed by atoms with van der Waals surface area (Å²) in [6, 6.07) is 12.0. The number of hydrogen-bond acceptors (Lipinski definition) is 6. The molecular formula is C21H21FN4O4. The van der Waals surface area contributed by atoms with Crippen LogP contribution in [0.3, 0.4) is 0 Å². The average molecular weight is 412 g/mol. The number of halogens is 1. The number of carbonyl (C=O) groups excluding carboxylic acids is 1. The van der Waals surface area contributed by atoms with Crippen LogP contribution in [0.5, 0.6) is 11.5 Å². The van der Waals surface area contributed by atoms with Crippen molar-refractivity contribution in [2.24, 2.45) is 0 Å². The van der Waals surface area contributed by atoms with Gasteiger partial charge in [0, 0.05) is 41.3 Å². The predicted octanol–water partition coefficient (Wildman–Crippen LogP) is 3.09. The Morgan fingerprint density at radius 2 is 1.77 bits per heavy atom. The Morgan fingerprint density at radius 3 is 2.40 bits per heavy atom. The predicted molar refractivity (Wildman–Crippen MR) is 111 cm³/mol. The second-order valence-electron chi connectivity index (χ2n) is 6.43. The standard InChI is InChI=1S/C21H21FN4O4/c1-13-7-20(28)26(21(23-13)25-15-6-4-5-14(22)8-15)12-19(27)24-16-9-17(29-2)11-18(10-16)30-3/h4-11H,12H2,1-3H3,(H,23,25)(H,24,27). The van der Waals surface area contributed by atoms with Crippen LogP contribution in [0, 0.1) is 12.7 Å². The second-order valence-corrected chi connectivity index (χ2v) is 6.43. The second kappa shape index (κ2) is 9.08. The maximum Gasteiger partial charge on any atom is 0.255 e. The first-order chi connectivity index (χ1) is 14.4. The number of aryl methyl sites for hydroxylation is 1. The van der Waals surface area contributed by atoms with Crippen LogP contribution < -0.4 is 25.7 Å². The molecule has 3 rings (SSSR count). The summed E-state index contributed by atoms with van der Waals surface area (Å²) in [7, 11) is 3.00. The van der Waals surface area contributed by atoms with E-state index in [0.29, 0.717) is 28.6 Å². The van der Waals surface area contributed by atoms with Gasteiger partial charge in [0.25, 0.3) is 5.56 Å². The SMILES string of the molecule is COc1cc(NC(=O)Cn2c(Nc3cccc(F)c3)nc(C)cc2=O)cc(OC)c1. The number of rotatable bonds is 7. The maximum absolute atomic E-state index is 13.5. The first-order valence-corrected chi connectivity index (χ1v) is 9.02. The summed E-state index contributed by atoms with van der Waals surface area (Å²) in [5.74, 6) is 0.246. The van der Waals surface area contributed by atoms with E-state index < -0.39 is 17.3 Å². The number of nitrogens with zero attached hydrogens (tertiary/aromatic N) is 2. The van der Waals surface area contributed by atoms with E-state index in [1.807, 2.05) is 0 Å². The number of amides is 1. The number of hydrogen-bond donors (Lipinski definition) is 2. The van der Waals surface area contributed by atoms with E-state index >= 15 is 0 Å². The lowest BCUT2D eigenvalue weighted by Gasteiger charge is -2.15. The fourth-order valence-electron chi connectivity index (χ4n) is 2.79. The number of anilines is 3. The van der Waals surface area contributed by atoms with Gasteiger partial charge in [-0.25, -0.2) is 9.37 Å². The van der Waals surface area contributed by atoms with Crippen molar-refractivity contribution >= 4 is 23.2 Å². The molecule has 156 valence electrons. The quantitative estimate of drug-likeness (QED) is 0.619. The lowest BCUT2D eigenvalue weighted by Crippen LogP contribution is -2.30. The Morgan fingerprint density at radius 1 is 1.07 bits per heavy atom. The molecule has 2 aromatic carbocycles. The largest absolute Gasteiger partial charge is 0.497 e. The molecule has 0 atom stereocenters. The first-order valence-electron chi connectivity index (χ1n) is 9.02. The Kier molecular flexibility index (Phi) is 6.31. The third-order valence-electron chi connectivity index (χ3n) is 4.15. The van der Waals surface area contributed by atoms with E-state index in [4.69, 9.17) is 9.47 Å². The van der Waals surface area contributed by atoms with Crippen LogP contribution in [0.25, 0.3) is 0 Å². The highest BCUT2D eigenvalue weighted by atomic mass is 19.1. The van der Waals surface area contributed by atoms with Gasteiger partial charge in [-0.05, 0) is 25.1 Å². The molecule has 0 fully saturated rings. The average Bonchev–Trinajstić information content (AvgIpc) is 2.70. The van der Waals surface area contributed by atoms with Gasteiger partial charge in [0.15, 0.2) is 0 Å². The summed E-state index contributed by atoms with van der Waals surface area (Å²) >= 11 is 0. The number of methoxy groups -OCH3 is 2. The number of carbonyl (C=O) groups is 1. The fraction of sp³-hybridized carbons (Fsp3) is 0.190. The monoisotopic (exact) mass is 412 g/mol. The van der Waals surface area contributed by atoms with Crippen molar-refractivity contribution in [1.82, 2.24) is 9.55 Å². The highest BCUT2D eigenvalue weighted by Crippen LogP contribution is 2.25. The zero-order chi connectivity index (χ0) is 21.7. The van der Waals surface area contributed by atoms with E-state index in [-0.39, 0.29) is 12.5 Å².